The van der Waals surface area contributed by atoms with E-state index in [1.807, 2.05) is 30.3 Å². The van der Waals surface area contributed by atoms with Crippen LogP contribution in [0, 0.1) is 0 Å². The lowest BCUT2D eigenvalue weighted by Gasteiger charge is -2.23. The zero-order valence-electron chi connectivity index (χ0n) is 16.3. The second-order valence-corrected chi connectivity index (χ2v) is 7.87. The van der Waals surface area contributed by atoms with E-state index in [4.69, 9.17) is 5.10 Å². The lowest BCUT2D eigenvalue weighted by Crippen LogP contribution is -3.11. The van der Waals surface area contributed by atoms with Crippen molar-refractivity contribution in [1.82, 2.24) is 0 Å². The molecule has 4 nitrogen and oxygen atoms in total. The van der Waals surface area contributed by atoms with Crippen LogP contribution >= 0.6 is 15.9 Å². The van der Waals surface area contributed by atoms with E-state index in [0.717, 1.165) is 17.6 Å². The first-order valence-electron chi connectivity index (χ1n) is 9.79. The monoisotopic (exact) mass is 429 g/mol. The zero-order chi connectivity index (χ0) is 19.1. The third-order valence-electron chi connectivity index (χ3n) is 5.24. The van der Waals surface area contributed by atoms with Gasteiger partial charge in [-0.05, 0) is 37.5 Å². The number of nitrogens with one attached hydrogen (secondary N) is 1. The van der Waals surface area contributed by atoms with Crippen LogP contribution in [-0.2, 0) is 0 Å². The molecule has 1 heterocycles. The van der Waals surface area contributed by atoms with E-state index in [0.29, 0.717) is 0 Å². The first-order valence-corrected chi connectivity index (χ1v) is 10.9. The van der Waals surface area contributed by atoms with Crippen molar-refractivity contribution in [3.63, 3.8) is 0 Å². The van der Waals surface area contributed by atoms with Gasteiger partial charge in [-0.25, -0.2) is 0 Å². The Morgan fingerprint density at radius 2 is 1.74 bits per heavy atom. The molecule has 144 valence electrons. The summed E-state index contributed by atoms with van der Waals surface area (Å²) in [7, 11) is 4.18. The Morgan fingerprint density at radius 1 is 1.04 bits per heavy atom. The number of fused-ring (bicyclic) bond motifs is 1. The molecule has 2 unspecified atom stereocenters. The van der Waals surface area contributed by atoms with Gasteiger partial charge < -0.3 is 4.90 Å². The summed E-state index contributed by atoms with van der Waals surface area (Å²) in [5.74, 6) is 0. The minimum atomic E-state index is 0.227. The van der Waals surface area contributed by atoms with Crippen molar-refractivity contribution in [3.05, 3.63) is 54.6 Å². The maximum Gasteiger partial charge on any atom is 0.206 e. The van der Waals surface area contributed by atoms with Gasteiger partial charge in [-0.15, -0.1) is 0 Å². The summed E-state index contributed by atoms with van der Waals surface area (Å²) in [6.07, 6.45) is 7.41. The quantitative estimate of drug-likeness (QED) is 0.281. The molecule has 0 aromatic heterocycles. The predicted octanol–water partition coefficient (Wildman–Crippen LogP) is 4.06. The molecule has 2 atom stereocenters. The molecule has 0 bridgehead atoms. The summed E-state index contributed by atoms with van der Waals surface area (Å²) in [5.41, 5.74) is 3.80. The van der Waals surface area contributed by atoms with Crippen LogP contribution in [0.5, 0.6) is 0 Å². The van der Waals surface area contributed by atoms with Gasteiger partial charge in [0.05, 0.1) is 12.2 Å². The van der Waals surface area contributed by atoms with Crippen LogP contribution in [0.1, 0.15) is 25.7 Å². The lowest BCUT2D eigenvalue weighted by atomic mass is 10.2. The molecule has 0 saturated heterocycles. The molecular formula is C22H30BrN4+. The summed E-state index contributed by atoms with van der Waals surface area (Å²) in [6, 6.07) is 19.0. The number of anilines is 2. The average Bonchev–Trinajstić information content (AvgIpc) is 2.98. The highest BCUT2D eigenvalue weighted by Crippen LogP contribution is 2.27. The summed E-state index contributed by atoms with van der Waals surface area (Å²) in [6.45, 7) is 1.13. The SMILES string of the molecule is CN(/N=C/C1N(C)c2ccccc2[NH+]1CCCCCCBr)c1ccccc1. The van der Waals surface area contributed by atoms with E-state index in [-0.39, 0.29) is 6.17 Å². The number of quaternary nitrogens is 1. The van der Waals surface area contributed by atoms with Crippen molar-refractivity contribution in [2.75, 3.05) is 35.9 Å². The highest BCUT2D eigenvalue weighted by molar-refractivity contribution is 9.09. The number of hydrazone groups is 1. The Balaban J connectivity index is 1.72. The van der Waals surface area contributed by atoms with Crippen LogP contribution in [0.15, 0.2) is 59.7 Å². The zero-order valence-corrected chi connectivity index (χ0v) is 17.9. The van der Waals surface area contributed by atoms with Gasteiger partial charge in [0.1, 0.15) is 11.9 Å². The maximum atomic E-state index is 4.76. The molecule has 0 aliphatic carbocycles. The van der Waals surface area contributed by atoms with Crippen LogP contribution in [0.3, 0.4) is 0 Å². The van der Waals surface area contributed by atoms with Crippen molar-refractivity contribution >= 4 is 39.2 Å². The molecule has 2 aromatic rings. The number of benzene rings is 2. The summed E-state index contributed by atoms with van der Waals surface area (Å²) in [5, 5.41) is 7.81. The van der Waals surface area contributed by atoms with Gasteiger partial charge in [0.2, 0.25) is 6.17 Å². The first-order chi connectivity index (χ1) is 13.2. The summed E-state index contributed by atoms with van der Waals surface area (Å²) in [4.78, 5) is 3.85. The van der Waals surface area contributed by atoms with E-state index in [1.54, 1.807) is 0 Å². The molecule has 1 aliphatic rings. The van der Waals surface area contributed by atoms with E-state index >= 15 is 0 Å². The van der Waals surface area contributed by atoms with Gasteiger partial charge >= 0.3 is 0 Å². The van der Waals surface area contributed by atoms with E-state index in [9.17, 15) is 0 Å². The number of nitrogens with zero attached hydrogens (tertiary/aromatic N) is 3. The molecule has 0 radical (unpaired) electrons. The molecule has 0 spiro atoms. The Bertz CT molecular complexity index is 734. The molecule has 0 saturated carbocycles. The standard InChI is InChI=1S/C22H29BrN4/c1-25-20-14-8-9-15-21(20)27(17-11-4-3-10-16-23)22(25)18-24-26(2)19-12-6-5-7-13-19/h5-9,12-15,18,22H,3-4,10-11,16-17H2,1-2H3/p+1/b24-18+. The van der Waals surface area contributed by atoms with Gasteiger partial charge in [-0.1, -0.05) is 52.7 Å². The van der Waals surface area contributed by atoms with E-state index in [2.05, 4.69) is 70.5 Å². The topological polar surface area (TPSA) is 23.3 Å². The highest BCUT2D eigenvalue weighted by Gasteiger charge is 2.37. The van der Waals surface area contributed by atoms with Crippen LogP contribution < -0.4 is 14.8 Å². The number of hydrogen-bond acceptors (Lipinski definition) is 3. The van der Waals surface area contributed by atoms with E-state index < -0.39 is 0 Å². The normalized spacial score (nSPS) is 18.9. The van der Waals surface area contributed by atoms with Crippen molar-refractivity contribution < 1.29 is 4.90 Å². The van der Waals surface area contributed by atoms with Crippen molar-refractivity contribution in [1.29, 1.82) is 0 Å². The number of rotatable bonds is 9. The van der Waals surface area contributed by atoms with Gasteiger partial charge in [0.15, 0.2) is 5.69 Å². The number of alkyl halides is 1. The molecule has 1 N–H and O–H groups in total. The fraction of sp³-hybridized carbons (Fsp3) is 0.409. The highest BCUT2D eigenvalue weighted by atomic mass is 79.9. The van der Waals surface area contributed by atoms with Crippen LogP contribution in [-0.4, -0.2) is 38.4 Å². The van der Waals surface area contributed by atoms with Crippen molar-refractivity contribution in [3.8, 4) is 0 Å². The summed E-state index contributed by atoms with van der Waals surface area (Å²) < 4.78 is 0. The van der Waals surface area contributed by atoms with Crippen LogP contribution in [0.4, 0.5) is 17.1 Å². The average molecular weight is 430 g/mol. The van der Waals surface area contributed by atoms with Gasteiger partial charge in [-0.3, -0.25) is 9.91 Å². The minimum Gasteiger partial charge on any atom is -0.316 e. The third-order valence-corrected chi connectivity index (χ3v) is 5.81. The van der Waals surface area contributed by atoms with Crippen molar-refractivity contribution in [2.24, 2.45) is 5.10 Å². The maximum absolute atomic E-state index is 4.76. The van der Waals surface area contributed by atoms with Crippen molar-refractivity contribution in [2.45, 2.75) is 31.8 Å². The Hall–Kier alpha value is -1.85. The van der Waals surface area contributed by atoms with Gasteiger partial charge in [-0.2, -0.15) is 5.10 Å². The lowest BCUT2D eigenvalue weighted by molar-refractivity contribution is -0.841. The fourth-order valence-corrected chi connectivity index (χ4v) is 4.10. The Labute approximate surface area is 171 Å². The number of hydrogen-bond donors (Lipinski definition) is 1. The molecular weight excluding hydrogens is 400 g/mol. The minimum absolute atomic E-state index is 0.227. The molecule has 0 fully saturated rings. The number of para-hydroxylation sites is 3. The largest absolute Gasteiger partial charge is 0.316 e. The molecule has 0 amide bonds. The van der Waals surface area contributed by atoms with Crippen LogP contribution in [0.2, 0.25) is 0 Å². The second-order valence-electron chi connectivity index (χ2n) is 7.08. The third kappa shape index (κ3) is 4.90. The molecule has 5 heteroatoms. The van der Waals surface area contributed by atoms with E-state index in [1.165, 1.54) is 42.0 Å². The fourth-order valence-electron chi connectivity index (χ4n) is 3.71. The molecule has 2 aromatic carbocycles. The smallest absolute Gasteiger partial charge is 0.206 e. The number of unbranched alkanes of at least 4 members (excludes halogenated alkanes) is 3. The molecule has 3 rings (SSSR count). The molecule has 1 aliphatic heterocycles. The second kappa shape index (κ2) is 9.90. The summed E-state index contributed by atoms with van der Waals surface area (Å²) >= 11 is 3.53. The van der Waals surface area contributed by atoms with Gasteiger partial charge in [0.25, 0.3) is 0 Å². The van der Waals surface area contributed by atoms with Crippen LogP contribution in [0.25, 0.3) is 0 Å². The first kappa shape index (κ1) is 19.9. The molecule has 27 heavy (non-hydrogen) atoms. The Kier molecular flexibility index (Phi) is 7.30. The number of halogens is 1. The Morgan fingerprint density at radius 3 is 2.52 bits per heavy atom. The predicted molar refractivity (Wildman–Crippen MR) is 120 cm³/mol. The van der Waals surface area contributed by atoms with Gasteiger partial charge in [0, 0.05) is 25.5 Å².